The lowest BCUT2D eigenvalue weighted by Gasteiger charge is -2.03. The molecule has 1 aliphatic heterocycles. The highest BCUT2D eigenvalue weighted by molar-refractivity contribution is 7.97. The maximum Gasteiger partial charge on any atom is 0.158 e. The molecular formula is C10H12Cl2O2S. The Kier molecular flexibility index (Phi) is 4.59. The van der Waals surface area contributed by atoms with Gasteiger partial charge in [0, 0.05) is 23.0 Å². The zero-order chi connectivity index (χ0) is 10.1. The van der Waals surface area contributed by atoms with Crippen molar-refractivity contribution in [2.24, 2.45) is 0 Å². The van der Waals surface area contributed by atoms with Crippen LogP contribution in [0.25, 0.3) is 0 Å². The van der Waals surface area contributed by atoms with Crippen LogP contribution in [0.5, 0.6) is 5.75 Å². The Labute approximate surface area is 102 Å². The zero-order valence-corrected chi connectivity index (χ0v) is 10.4. The Morgan fingerprint density at radius 2 is 1.53 bits per heavy atom. The van der Waals surface area contributed by atoms with Gasteiger partial charge in [-0.05, 0) is 12.8 Å². The zero-order valence-electron chi connectivity index (χ0n) is 8.04. The summed E-state index contributed by atoms with van der Waals surface area (Å²) in [5.74, 6) is 2.47. The molecule has 5 heteroatoms. The molecule has 1 saturated heterocycles. The van der Waals surface area contributed by atoms with E-state index in [2.05, 4.69) is 0 Å². The van der Waals surface area contributed by atoms with Gasteiger partial charge < -0.3 is 10.6 Å². The van der Waals surface area contributed by atoms with Crippen LogP contribution < -0.4 is 0 Å². The van der Waals surface area contributed by atoms with Crippen molar-refractivity contribution >= 4 is 34.1 Å². The van der Waals surface area contributed by atoms with Crippen LogP contribution in [-0.4, -0.2) is 22.1 Å². The molecule has 2 rings (SSSR count). The van der Waals surface area contributed by atoms with E-state index in [1.54, 1.807) is 0 Å². The second-order valence-corrected chi connectivity index (χ2v) is 6.43. The number of phenols is 1. The largest absolute Gasteiger partial charge is 0.870 e. The van der Waals surface area contributed by atoms with E-state index in [0.717, 1.165) is 0 Å². The van der Waals surface area contributed by atoms with Gasteiger partial charge in [0.1, 0.15) is 11.5 Å². The number of benzene rings is 1. The lowest BCUT2D eigenvalue weighted by Crippen LogP contribution is -2.03. The molecule has 1 aromatic carbocycles. The minimum absolute atomic E-state index is 0. The summed E-state index contributed by atoms with van der Waals surface area (Å²) in [5, 5.41) is 10.1. The van der Waals surface area contributed by atoms with E-state index in [-0.39, 0.29) is 11.2 Å². The summed E-state index contributed by atoms with van der Waals surface area (Å²) in [6.07, 6.45) is 2.58. The Morgan fingerprint density at radius 1 is 1.07 bits per heavy atom. The van der Waals surface area contributed by atoms with Crippen molar-refractivity contribution in [3.05, 3.63) is 22.2 Å². The fourth-order valence-corrected chi connectivity index (χ4v) is 4.57. The van der Waals surface area contributed by atoms with Crippen molar-refractivity contribution in [3.8, 4) is 5.75 Å². The van der Waals surface area contributed by atoms with E-state index in [1.807, 2.05) is 12.1 Å². The molecule has 0 radical (unpaired) electrons. The Balaban J connectivity index is 0.00000112. The fraction of sp³-hybridized carbons (Fsp3) is 0.400. The Hall–Kier alpha value is -0.0900. The van der Waals surface area contributed by atoms with E-state index >= 15 is 0 Å². The Bertz CT molecular complexity index is 328. The van der Waals surface area contributed by atoms with Gasteiger partial charge in [0.2, 0.25) is 0 Å². The summed E-state index contributed by atoms with van der Waals surface area (Å²) in [6.45, 7) is 0. The second kappa shape index (κ2) is 5.30. The molecule has 0 bridgehead atoms. The van der Waals surface area contributed by atoms with Crippen molar-refractivity contribution in [2.45, 2.75) is 17.7 Å². The van der Waals surface area contributed by atoms with Crippen LogP contribution in [0.4, 0.5) is 0 Å². The maximum atomic E-state index is 9.41. The van der Waals surface area contributed by atoms with E-state index < -0.39 is 0 Å². The molecular weight excluding hydrogens is 255 g/mol. The highest BCUT2D eigenvalue weighted by Crippen LogP contribution is 2.36. The normalized spacial score (nSPS) is 16.4. The summed E-state index contributed by atoms with van der Waals surface area (Å²) in [6, 6.07) is 3.69. The Morgan fingerprint density at radius 3 is 2.00 bits per heavy atom. The number of phenolic OH excluding ortho intramolecular Hbond substituents is 1. The number of halogens is 2. The summed E-state index contributed by atoms with van der Waals surface area (Å²) in [4.78, 5) is 1.19. The van der Waals surface area contributed by atoms with Crippen molar-refractivity contribution in [1.29, 1.82) is 0 Å². The van der Waals surface area contributed by atoms with E-state index in [9.17, 15) is 5.11 Å². The van der Waals surface area contributed by atoms with Crippen LogP contribution in [0, 0.1) is 0 Å². The first-order chi connectivity index (χ1) is 6.68. The summed E-state index contributed by atoms with van der Waals surface area (Å²) < 4.78 is 0. The van der Waals surface area contributed by atoms with Crippen LogP contribution in [0.1, 0.15) is 12.8 Å². The molecule has 15 heavy (non-hydrogen) atoms. The van der Waals surface area contributed by atoms with Gasteiger partial charge in [-0.25, -0.2) is 0 Å². The third kappa shape index (κ3) is 2.72. The molecule has 0 saturated carbocycles. The summed E-state index contributed by atoms with van der Waals surface area (Å²) in [5.41, 5.74) is 0. The maximum absolute atomic E-state index is 9.41. The second-order valence-electron chi connectivity index (χ2n) is 3.34. The van der Waals surface area contributed by atoms with Crippen molar-refractivity contribution in [2.75, 3.05) is 11.5 Å². The lowest BCUT2D eigenvalue weighted by molar-refractivity contribution is 0.475. The first-order valence-corrected chi connectivity index (χ1v) is 6.86. The standard InChI is InChI=1S/C10H10Cl2OS.H2O/c11-8-5-7(6-9(12)10(8)13)14-3-1-2-4-14;/h5-6H,1-4H2;1H2. The average Bonchev–Trinajstić information content (AvgIpc) is 2.66. The molecule has 0 amide bonds. The van der Waals surface area contributed by atoms with Gasteiger partial charge in [-0.3, -0.25) is 0 Å². The minimum Gasteiger partial charge on any atom is -0.870 e. The van der Waals surface area contributed by atoms with Crippen molar-refractivity contribution in [1.82, 2.24) is 0 Å². The van der Waals surface area contributed by atoms with Gasteiger partial charge >= 0.3 is 0 Å². The van der Waals surface area contributed by atoms with Gasteiger partial charge in [0.25, 0.3) is 0 Å². The predicted molar refractivity (Wildman–Crippen MR) is 64.7 cm³/mol. The van der Waals surface area contributed by atoms with Crippen LogP contribution in [-0.2, 0) is 10.9 Å². The van der Waals surface area contributed by atoms with Gasteiger partial charge in [0.15, 0.2) is 10.6 Å². The highest BCUT2D eigenvalue weighted by Gasteiger charge is 2.28. The third-order valence-electron chi connectivity index (χ3n) is 2.36. The molecule has 1 aromatic rings. The predicted octanol–water partition coefficient (Wildman–Crippen LogP) is 3.29. The van der Waals surface area contributed by atoms with Crippen LogP contribution in [0.3, 0.4) is 0 Å². The summed E-state index contributed by atoms with van der Waals surface area (Å²) >= 11 is 11.7. The molecule has 0 atom stereocenters. The summed E-state index contributed by atoms with van der Waals surface area (Å²) in [7, 11) is 0.300. The van der Waals surface area contributed by atoms with Crippen LogP contribution >= 0.6 is 23.2 Å². The molecule has 1 fully saturated rings. The first-order valence-electron chi connectivity index (χ1n) is 4.54. The molecule has 0 spiro atoms. The first kappa shape index (κ1) is 13.0. The van der Waals surface area contributed by atoms with Crippen LogP contribution in [0.15, 0.2) is 17.0 Å². The van der Waals surface area contributed by atoms with Gasteiger partial charge in [-0.15, -0.1) is 0 Å². The van der Waals surface area contributed by atoms with Crippen molar-refractivity contribution < 1.29 is 10.6 Å². The molecule has 2 nitrogen and oxygen atoms in total. The SMILES string of the molecule is Oc1c(Cl)cc([S+]2CCCC2)cc1Cl.[OH-]. The number of rotatable bonds is 1. The van der Waals surface area contributed by atoms with Crippen molar-refractivity contribution in [3.63, 3.8) is 0 Å². The molecule has 84 valence electrons. The molecule has 0 unspecified atom stereocenters. The van der Waals surface area contributed by atoms with Gasteiger partial charge in [-0.2, -0.15) is 0 Å². The monoisotopic (exact) mass is 266 g/mol. The number of aromatic hydroxyl groups is 1. The molecule has 1 heterocycles. The average molecular weight is 267 g/mol. The highest BCUT2D eigenvalue weighted by atomic mass is 35.5. The topological polar surface area (TPSA) is 50.2 Å². The molecule has 0 aromatic heterocycles. The molecule has 2 N–H and O–H groups in total. The quantitative estimate of drug-likeness (QED) is 0.794. The molecule has 1 aliphatic rings. The fourth-order valence-electron chi connectivity index (χ4n) is 1.60. The minimum atomic E-state index is -0.000111. The third-order valence-corrected chi connectivity index (χ3v) is 5.40. The molecule has 0 aliphatic carbocycles. The van der Waals surface area contributed by atoms with E-state index in [1.165, 1.54) is 29.2 Å². The van der Waals surface area contributed by atoms with E-state index in [4.69, 9.17) is 23.2 Å². The lowest BCUT2D eigenvalue weighted by atomic mass is 10.3. The van der Waals surface area contributed by atoms with Gasteiger partial charge in [0.05, 0.1) is 10.0 Å². The smallest absolute Gasteiger partial charge is 0.158 e. The van der Waals surface area contributed by atoms with E-state index in [0.29, 0.717) is 20.9 Å². The number of hydrogen-bond donors (Lipinski definition) is 1. The van der Waals surface area contributed by atoms with Gasteiger partial charge in [-0.1, -0.05) is 23.2 Å². The number of hydrogen-bond acceptors (Lipinski definition) is 2. The van der Waals surface area contributed by atoms with Crippen LogP contribution in [0.2, 0.25) is 10.0 Å².